The molecule has 0 bridgehead atoms. The molecule has 2 rings (SSSR count). The summed E-state index contributed by atoms with van der Waals surface area (Å²) in [4.78, 5) is 12.0. The van der Waals surface area contributed by atoms with E-state index in [-0.39, 0.29) is 5.56 Å². The quantitative estimate of drug-likeness (QED) is 0.865. The van der Waals surface area contributed by atoms with Crippen LogP contribution in [0.5, 0.6) is 0 Å². The minimum absolute atomic E-state index is 0.0985. The molecule has 1 N–H and O–H groups in total. The number of anilines is 1. The van der Waals surface area contributed by atoms with Gasteiger partial charge in [-0.2, -0.15) is 5.10 Å². The first-order valence-electron chi connectivity index (χ1n) is 7.18. The highest BCUT2D eigenvalue weighted by Crippen LogP contribution is 2.20. The first kappa shape index (κ1) is 15.8. The molecule has 1 heterocycles. The highest BCUT2D eigenvalue weighted by Gasteiger charge is 2.09. The largest absolute Gasteiger partial charge is 0.383 e. The number of aromatic nitrogens is 2. The van der Waals surface area contributed by atoms with E-state index in [1.165, 1.54) is 10.2 Å². The standard InChI is InChI=1S/C16H20BrN3O/c1-3-20-16(21)15(17)14(11-19-20)18-10-9-12(2)13-7-5-4-6-8-13/h4-8,11-12,18H,3,9-10H2,1-2H3. The van der Waals surface area contributed by atoms with E-state index >= 15 is 0 Å². The van der Waals surface area contributed by atoms with E-state index in [4.69, 9.17) is 0 Å². The van der Waals surface area contributed by atoms with Gasteiger partial charge in [-0.05, 0) is 40.8 Å². The molecule has 1 unspecified atom stereocenters. The molecule has 0 spiro atoms. The van der Waals surface area contributed by atoms with Gasteiger partial charge in [0.2, 0.25) is 0 Å². The first-order valence-corrected chi connectivity index (χ1v) is 7.97. The number of benzene rings is 1. The van der Waals surface area contributed by atoms with Crippen molar-refractivity contribution in [2.24, 2.45) is 0 Å². The van der Waals surface area contributed by atoms with Crippen molar-refractivity contribution in [3.8, 4) is 0 Å². The number of nitrogens with one attached hydrogen (secondary N) is 1. The summed E-state index contributed by atoms with van der Waals surface area (Å²) in [6.45, 7) is 5.48. The molecule has 1 aromatic carbocycles. The lowest BCUT2D eigenvalue weighted by atomic mass is 9.98. The Morgan fingerprint density at radius 1 is 1.33 bits per heavy atom. The molecule has 0 radical (unpaired) electrons. The van der Waals surface area contributed by atoms with E-state index in [1.54, 1.807) is 6.20 Å². The maximum atomic E-state index is 12.0. The first-order chi connectivity index (χ1) is 10.1. The molecule has 2 aromatic rings. The van der Waals surface area contributed by atoms with Crippen LogP contribution in [0.2, 0.25) is 0 Å². The van der Waals surface area contributed by atoms with Crippen LogP contribution in [-0.2, 0) is 6.54 Å². The smallest absolute Gasteiger partial charge is 0.283 e. The van der Waals surface area contributed by atoms with Crippen molar-refractivity contribution in [3.05, 3.63) is 56.9 Å². The third-order valence-electron chi connectivity index (χ3n) is 3.55. The molecule has 0 amide bonds. The van der Waals surface area contributed by atoms with Gasteiger partial charge in [0, 0.05) is 13.1 Å². The van der Waals surface area contributed by atoms with Crippen molar-refractivity contribution in [2.45, 2.75) is 32.7 Å². The lowest BCUT2D eigenvalue weighted by Gasteiger charge is -2.14. The summed E-state index contributed by atoms with van der Waals surface area (Å²) in [5.41, 5.74) is 1.99. The van der Waals surface area contributed by atoms with Crippen molar-refractivity contribution in [1.82, 2.24) is 9.78 Å². The minimum atomic E-state index is -0.0985. The van der Waals surface area contributed by atoms with E-state index in [2.05, 4.69) is 57.5 Å². The van der Waals surface area contributed by atoms with Crippen molar-refractivity contribution < 1.29 is 0 Å². The maximum Gasteiger partial charge on any atom is 0.283 e. The second-order valence-corrected chi connectivity index (χ2v) is 5.81. The van der Waals surface area contributed by atoms with E-state index in [0.717, 1.165) is 18.7 Å². The molecule has 4 nitrogen and oxygen atoms in total. The van der Waals surface area contributed by atoms with Crippen LogP contribution >= 0.6 is 15.9 Å². The molecule has 0 saturated carbocycles. The van der Waals surface area contributed by atoms with Crippen molar-refractivity contribution in [2.75, 3.05) is 11.9 Å². The molecule has 1 aromatic heterocycles. The van der Waals surface area contributed by atoms with Gasteiger partial charge in [0.1, 0.15) is 4.47 Å². The summed E-state index contributed by atoms with van der Waals surface area (Å²) >= 11 is 3.35. The number of nitrogens with zero attached hydrogens (tertiary/aromatic N) is 2. The average Bonchev–Trinajstić information content (AvgIpc) is 2.52. The molecule has 0 fully saturated rings. The summed E-state index contributed by atoms with van der Waals surface area (Å²) in [5, 5.41) is 7.41. The molecule has 0 aliphatic carbocycles. The van der Waals surface area contributed by atoms with E-state index < -0.39 is 0 Å². The minimum Gasteiger partial charge on any atom is -0.383 e. The zero-order valence-electron chi connectivity index (χ0n) is 12.3. The van der Waals surface area contributed by atoms with Gasteiger partial charge in [-0.3, -0.25) is 4.79 Å². The average molecular weight is 350 g/mol. The van der Waals surface area contributed by atoms with Crippen LogP contribution in [0.1, 0.15) is 31.7 Å². The summed E-state index contributed by atoms with van der Waals surface area (Å²) < 4.78 is 1.98. The van der Waals surface area contributed by atoms with Gasteiger partial charge in [0.25, 0.3) is 5.56 Å². The van der Waals surface area contributed by atoms with Crippen molar-refractivity contribution >= 4 is 21.6 Å². The van der Waals surface area contributed by atoms with Gasteiger partial charge < -0.3 is 5.32 Å². The molecule has 112 valence electrons. The van der Waals surface area contributed by atoms with Crippen LogP contribution in [0, 0.1) is 0 Å². The Balaban J connectivity index is 1.95. The molecular formula is C16H20BrN3O. The molecular weight excluding hydrogens is 330 g/mol. The summed E-state index contributed by atoms with van der Waals surface area (Å²) in [7, 11) is 0. The van der Waals surface area contributed by atoms with Crippen molar-refractivity contribution in [1.29, 1.82) is 0 Å². The highest BCUT2D eigenvalue weighted by atomic mass is 79.9. The topological polar surface area (TPSA) is 46.9 Å². The Labute approximate surface area is 133 Å². The summed E-state index contributed by atoms with van der Waals surface area (Å²) in [6.07, 6.45) is 2.69. The molecule has 5 heteroatoms. The number of rotatable bonds is 6. The predicted octanol–water partition coefficient (Wildman–Crippen LogP) is 3.63. The van der Waals surface area contributed by atoms with Gasteiger partial charge >= 0.3 is 0 Å². The van der Waals surface area contributed by atoms with Gasteiger partial charge in [-0.1, -0.05) is 37.3 Å². The number of hydrogen-bond acceptors (Lipinski definition) is 3. The van der Waals surface area contributed by atoms with E-state index in [0.29, 0.717) is 16.9 Å². The summed E-state index contributed by atoms with van der Waals surface area (Å²) in [6, 6.07) is 10.4. The fraction of sp³-hybridized carbons (Fsp3) is 0.375. The third-order valence-corrected chi connectivity index (χ3v) is 4.31. The Bertz CT molecular complexity index is 640. The van der Waals surface area contributed by atoms with Gasteiger partial charge in [0.15, 0.2) is 0 Å². The second kappa shape index (κ2) is 7.41. The SMILES string of the molecule is CCn1ncc(NCCC(C)c2ccccc2)c(Br)c1=O. The summed E-state index contributed by atoms with van der Waals surface area (Å²) in [5.74, 6) is 0.474. The Morgan fingerprint density at radius 2 is 2.05 bits per heavy atom. The fourth-order valence-corrected chi connectivity index (χ4v) is 2.63. The predicted molar refractivity (Wildman–Crippen MR) is 89.8 cm³/mol. The molecule has 0 aliphatic rings. The fourth-order valence-electron chi connectivity index (χ4n) is 2.19. The molecule has 21 heavy (non-hydrogen) atoms. The molecule has 0 saturated heterocycles. The van der Waals surface area contributed by atoms with Gasteiger partial charge in [0.05, 0.1) is 11.9 Å². The lowest BCUT2D eigenvalue weighted by molar-refractivity contribution is 0.612. The molecule has 0 aliphatic heterocycles. The van der Waals surface area contributed by atoms with E-state index in [1.807, 2.05) is 13.0 Å². The van der Waals surface area contributed by atoms with Crippen LogP contribution in [-0.4, -0.2) is 16.3 Å². The lowest BCUT2D eigenvalue weighted by Crippen LogP contribution is -2.23. The number of halogens is 1. The van der Waals surface area contributed by atoms with Crippen LogP contribution in [0.4, 0.5) is 5.69 Å². The normalized spacial score (nSPS) is 12.1. The highest BCUT2D eigenvalue weighted by molar-refractivity contribution is 9.10. The van der Waals surface area contributed by atoms with Gasteiger partial charge in [-0.15, -0.1) is 0 Å². The zero-order valence-corrected chi connectivity index (χ0v) is 13.9. The number of hydrogen-bond donors (Lipinski definition) is 1. The zero-order chi connectivity index (χ0) is 15.2. The number of aryl methyl sites for hydroxylation is 1. The third kappa shape index (κ3) is 3.94. The van der Waals surface area contributed by atoms with Crippen LogP contribution in [0.15, 0.2) is 45.8 Å². The molecule has 1 atom stereocenters. The van der Waals surface area contributed by atoms with Crippen molar-refractivity contribution in [3.63, 3.8) is 0 Å². The maximum absolute atomic E-state index is 12.0. The Kier molecular flexibility index (Phi) is 5.56. The van der Waals surface area contributed by atoms with Gasteiger partial charge in [-0.25, -0.2) is 4.68 Å². The Morgan fingerprint density at radius 3 is 2.71 bits per heavy atom. The van der Waals surface area contributed by atoms with Crippen LogP contribution in [0.3, 0.4) is 0 Å². The van der Waals surface area contributed by atoms with Crippen LogP contribution in [0.25, 0.3) is 0 Å². The Hall–Kier alpha value is -1.62. The van der Waals surface area contributed by atoms with Crippen LogP contribution < -0.4 is 10.9 Å². The monoisotopic (exact) mass is 349 g/mol. The second-order valence-electron chi connectivity index (χ2n) is 5.02. The van der Waals surface area contributed by atoms with E-state index in [9.17, 15) is 4.79 Å².